The van der Waals surface area contributed by atoms with Crippen LogP contribution in [0.2, 0.25) is 0 Å². The van der Waals surface area contributed by atoms with Crippen molar-refractivity contribution in [2.75, 3.05) is 0 Å². The Morgan fingerprint density at radius 3 is 2.60 bits per heavy atom. The molecule has 78 valence electrons. The first-order valence-electron chi connectivity index (χ1n) is 3.84. The number of benzene rings is 1. The zero-order chi connectivity index (χ0) is 11.5. The highest BCUT2D eigenvalue weighted by Crippen LogP contribution is 2.29. The minimum atomic E-state index is -4.49. The lowest BCUT2D eigenvalue weighted by Gasteiger charge is -2.06. The summed E-state index contributed by atoms with van der Waals surface area (Å²) >= 11 is 0. The summed E-state index contributed by atoms with van der Waals surface area (Å²) in [5, 5.41) is 0. The number of rotatable bonds is 2. The Bertz CT molecular complexity index is 433. The molecular weight excluding hydrogens is 209 g/mol. The number of alkyl halides is 3. The Hall–Kier alpha value is -1.94. The Morgan fingerprint density at radius 2 is 2.07 bits per heavy atom. The number of carbonyl (C=O) groups is 1. The average Bonchev–Trinajstić information content (AvgIpc) is 2.17. The minimum absolute atomic E-state index is 0.178. The van der Waals surface area contributed by atoms with E-state index in [0.29, 0.717) is 12.3 Å². The van der Waals surface area contributed by atoms with E-state index in [4.69, 9.17) is 5.53 Å². The van der Waals surface area contributed by atoms with Crippen molar-refractivity contribution in [3.8, 4) is 0 Å². The maximum absolute atomic E-state index is 12.2. The molecule has 0 saturated carbocycles. The summed E-state index contributed by atoms with van der Waals surface area (Å²) in [7, 11) is 0. The summed E-state index contributed by atoms with van der Waals surface area (Å²) in [6, 6.07) is 3.87. The Labute approximate surface area is 82.8 Å². The van der Waals surface area contributed by atoms with Gasteiger partial charge in [0.25, 0.3) is 5.78 Å². The van der Waals surface area contributed by atoms with Gasteiger partial charge in [0.15, 0.2) is 0 Å². The third-order valence-electron chi connectivity index (χ3n) is 1.65. The largest absolute Gasteiger partial charge is 0.416 e. The maximum Gasteiger partial charge on any atom is 0.416 e. The summed E-state index contributed by atoms with van der Waals surface area (Å²) in [6.07, 6.45) is -3.96. The summed E-state index contributed by atoms with van der Waals surface area (Å²) in [6.45, 7) is 0. The molecule has 1 rings (SSSR count). The van der Waals surface area contributed by atoms with Gasteiger partial charge in [-0.25, -0.2) is 0 Å². The van der Waals surface area contributed by atoms with Crippen molar-refractivity contribution >= 4 is 12.0 Å². The van der Waals surface area contributed by atoms with Gasteiger partial charge < -0.3 is 5.53 Å². The van der Waals surface area contributed by atoms with Crippen LogP contribution in [0.25, 0.3) is 5.53 Å². The molecule has 0 bridgehead atoms. The van der Waals surface area contributed by atoms with Crippen molar-refractivity contribution < 1.29 is 22.8 Å². The molecule has 0 atom stereocenters. The number of halogens is 3. The van der Waals surface area contributed by atoms with Crippen LogP contribution in [0.3, 0.4) is 0 Å². The third-order valence-corrected chi connectivity index (χ3v) is 1.65. The van der Waals surface area contributed by atoms with Crippen molar-refractivity contribution in [3.05, 3.63) is 40.9 Å². The SMILES string of the molecule is [N-]=[N+]=CC(=O)c1cccc(C(F)(F)F)c1. The van der Waals surface area contributed by atoms with Gasteiger partial charge in [0.1, 0.15) is 0 Å². The van der Waals surface area contributed by atoms with Crippen molar-refractivity contribution in [2.45, 2.75) is 6.18 Å². The van der Waals surface area contributed by atoms with E-state index in [0.717, 1.165) is 12.1 Å². The summed E-state index contributed by atoms with van der Waals surface area (Å²) in [4.78, 5) is 13.5. The molecule has 0 aliphatic rings. The van der Waals surface area contributed by atoms with E-state index in [9.17, 15) is 18.0 Å². The standard InChI is InChI=1S/C9H5F3N2O/c10-9(11,12)7-3-1-2-6(4-7)8(15)5-14-13/h1-5H. The lowest BCUT2D eigenvalue weighted by atomic mass is 10.1. The first-order valence-corrected chi connectivity index (χ1v) is 3.84. The second-order valence-corrected chi connectivity index (χ2v) is 2.69. The quantitative estimate of drug-likeness (QED) is 0.322. The number of nitrogens with zero attached hydrogens (tertiary/aromatic N) is 2. The van der Waals surface area contributed by atoms with E-state index in [1.54, 1.807) is 0 Å². The molecule has 1 aromatic rings. The fourth-order valence-electron chi connectivity index (χ4n) is 0.976. The van der Waals surface area contributed by atoms with Crippen molar-refractivity contribution in [1.29, 1.82) is 0 Å². The molecular formula is C9H5F3N2O. The number of ketones is 1. The predicted octanol–water partition coefficient (Wildman–Crippen LogP) is 2.19. The fraction of sp³-hybridized carbons (Fsp3) is 0.111. The smallest absolute Gasteiger partial charge is 0.361 e. The minimum Gasteiger partial charge on any atom is -0.361 e. The van der Waals surface area contributed by atoms with E-state index in [-0.39, 0.29) is 5.56 Å². The topological polar surface area (TPSA) is 53.5 Å². The van der Waals surface area contributed by atoms with E-state index in [1.165, 1.54) is 6.07 Å². The molecule has 0 amide bonds. The molecule has 0 unspecified atom stereocenters. The van der Waals surface area contributed by atoms with Crippen LogP contribution in [0.4, 0.5) is 13.2 Å². The number of carbonyl (C=O) groups excluding carboxylic acids is 1. The van der Waals surface area contributed by atoms with Crippen LogP contribution < -0.4 is 0 Å². The second-order valence-electron chi connectivity index (χ2n) is 2.69. The molecule has 3 nitrogen and oxygen atoms in total. The Kier molecular flexibility index (Phi) is 3.01. The van der Waals surface area contributed by atoms with Gasteiger partial charge in [0, 0.05) is 5.56 Å². The monoisotopic (exact) mass is 214 g/mol. The van der Waals surface area contributed by atoms with Crippen LogP contribution in [0, 0.1) is 0 Å². The summed E-state index contributed by atoms with van der Waals surface area (Å²) < 4.78 is 36.7. The first-order chi connectivity index (χ1) is 6.95. The fourth-order valence-corrected chi connectivity index (χ4v) is 0.976. The molecule has 0 aliphatic carbocycles. The van der Waals surface area contributed by atoms with Crippen LogP contribution in [0.5, 0.6) is 0 Å². The van der Waals surface area contributed by atoms with E-state index in [1.807, 2.05) is 0 Å². The van der Waals surface area contributed by atoms with Crippen LogP contribution in [0.1, 0.15) is 15.9 Å². The first kappa shape index (κ1) is 11.1. The zero-order valence-electron chi connectivity index (χ0n) is 7.32. The Morgan fingerprint density at radius 1 is 1.40 bits per heavy atom. The molecule has 0 N–H and O–H groups in total. The van der Waals surface area contributed by atoms with Gasteiger partial charge in [-0.05, 0) is 12.1 Å². The Balaban J connectivity index is 3.13. The molecule has 0 radical (unpaired) electrons. The molecule has 0 spiro atoms. The van der Waals surface area contributed by atoms with Gasteiger partial charge in [-0.3, -0.25) is 4.79 Å². The second kappa shape index (κ2) is 4.06. The predicted molar refractivity (Wildman–Crippen MR) is 45.5 cm³/mol. The lowest BCUT2D eigenvalue weighted by molar-refractivity contribution is -0.137. The molecule has 6 heteroatoms. The molecule has 0 saturated heterocycles. The maximum atomic E-state index is 12.2. The highest BCUT2D eigenvalue weighted by Gasteiger charge is 2.30. The number of Topliss-reactive ketones (excluding diaryl/α,β-unsaturated/α-hetero) is 1. The summed E-state index contributed by atoms with van der Waals surface area (Å²) in [5.74, 6) is -0.788. The van der Waals surface area contributed by atoms with Gasteiger partial charge in [-0.15, -0.1) is 0 Å². The zero-order valence-corrected chi connectivity index (χ0v) is 7.32. The number of hydrogen-bond donors (Lipinski definition) is 0. The van der Waals surface area contributed by atoms with Gasteiger partial charge in [-0.1, -0.05) is 12.1 Å². The van der Waals surface area contributed by atoms with Crippen molar-refractivity contribution in [3.63, 3.8) is 0 Å². The van der Waals surface area contributed by atoms with Crippen molar-refractivity contribution in [1.82, 2.24) is 0 Å². The normalized spacial score (nSPS) is 10.6. The van der Waals surface area contributed by atoms with Crippen molar-refractivity contribution in [2.24, 2.45) is 0 Å². The van der Waals surface area contributed by atoms with Gasteiger partial charge >= 0.3 is 12.4 Å². The molecule has 1 aromatic carbocycles. The average molecular weight is 214 g/mol. The van der Waals surface area contributed by atoms with Crippen LogP contribution >= 0.6 is 0 Å². The molecule has 0 heterocycles. The van der Waals surface area contributed by atoms with Gasteiger partial charge in [0.2, 0.25) is 0 Å². The third kappa shape index (κ3) is 2.75. The lowest BCUT2D eigenvalue weighted by Crippen LogP contribution is -2.08. The summed E-state index contributed by atoms with van der Waals surface area (Å²) in [5.41, 5.74) is 6.96. The van der Waals surface area contributed by atoms with E-state index in [2.05, 4.69) is 4.79 Å². The molecule has 0 fully saturated rings. The van der Waals surface area contributed by atoms with Gasteiger partial charge in [-0.2, -0.15) is 18.0 Å². The highest BCUT2D eigenvalue weighted by atomic mass is 19.4. The van der Waals surface area contributed by atoms with Gasteiger partial charge in [0.05, 0.1) is 5.56 Å². The molecule has 15 heavy (non-hydrogen) atoms. The molecule has 0 aromatic heterocycles. The number of hydrogen-bond acceptors (Lipinski definition) is 1. The van der Waals surface area contributed by atoms with E-state index >= 15 is 0 Å². The van der Waals surface area contributed by atoms with Crippen LogP contribution in [0.15, 0.2) is 24.3 Å². The highest BCUT2D eigenvalue weighted by molar-refractivity contribution is 6.33. The molecule has 0 aliphatic heterocycles. The van der Waals surface area contributed by atoms with E-state index < -0.39 is 17.5 Å². The van der Waals surface area contributed by atoms with Crippen LogP contribution in [-0.4, -0.2) is 16.8 Å². The van der Waals surface area contributed by atoms with Crippen LogP contribution in [-0.2, 0) is 6.18 Å².